The van der Waals surface area contributed by atoms with E-state index >= 15 is 0 Å². The Kier molecular flexibility index (Phi) is 5.01. The van der Waals surface area contributed by atoms with Crippen molar-refractivity contribution in [3.05, 3.63) is 29.8 Å². The molecule has 1 unspecified atom stereocenters. The molecule has 1 heterocycles. The van der Waals surface area contributed by atoms with Gasteiger partial charge in [0.25, 0.3) is 0 Å². The Morgan fingerprint density at radius 2 is 2.10 bits per heavy atom. The first kappa shape index (κ1) is 14.9. The fraction of sp³-hybridized carbons (Fsp3) is 0.562. The standard InChI is InChI=1S/C16H23NO3/c1-4-12(2)15-10-20-11-16(18)17(15)9-13-5-7-14(19-3)8-6-13/h5-8,12,15H,4,9-11H2,1-3H3/t12?,15-/m1/s1. The van der Waals surface area contributed by atoms with Gasteiger partial charge in [-0.25, -0.2) is 0 Å². The number of hydrogen-bond acceptors (Lipinski definition) is 3. The smallest absolute Gasteiger partial charge is 0.249 e. The molecule has 1 aromatic rings. The van der Waals surface area contributed by atoms with Crippen LogP contribution < -0.4 is 4.74 Å². The highest BCUT2D eigenvalue weighted by Gasteiger charge is 2.31. The van der Waals surface area contributed by atoms with Crippen molar-refractivity contribution in [2.24, 2.45) is 5.92 Å². The van der Waals surface area contributed by atoms with Gasteiger partial charge in [0.05, 0.1) is 19.8 Å². The van der Waals surface area contributed by atoms with Crippen LogP contribution in [-0.4, -0.2) is 37.2 Å². The highest BCUT2D eigenvalue weighted by atomic mass is 16.5. The fourth-order valence-corrected chi connectivity index (χ4v) is 2.50. The summed E-state index contributed by atoms with van der Waals surface area (Å²) in [4.78, 5) is 14.1. The summed E-state index contributed by atoms with van der Waals surface area (Å²) in [7, 11) is 1.65. The van der Waals surface area contributed by atoms with Gasteiger partial charge in [0.15, 0.2) is 0 Å². The van der Waals surface area contributed by atoms with E-state index in [1.54, 1.807) is 7.11 Å². The van der Waals surface area contributed by atoms with Crippen LogP contribution in [0.5, 0.6) is 5.75 Å². The van der Waals surface area contributed by atoms with Gasteiger partial charge < -0.3 is 14.4 Å². The van der Waals surface area contributed by atoms with E-state index in [1.807, 2.05) is 29.2 Å². The first-order chi connectivity index (χ1) is 9.65. The Balaban J connectivity index is 2.11. The summed E-state index contributed by atoms with van der Waals surface area (Å²) in [6.45, 7) is 5.80. The molecule has 0 spiro atoms. The van der Waals surface area contributed by atoms with Crippen molar-refractivity contribution < 1.29 is 14.3 Å². The number of carbonyl (C=O) groups is 1. The molecule has 2 atom stereocenters. The molecular weight excluding hydrogens is 254 g/mol. The van der Waals surface area contributed by atoms with Gasteiger partial charge in [-0.2, -0.15) is 0 Å². The Morgan fingerprint density at radius 1 is 1.40 bits per heavy atom. The van der Waals surface area contributed by atoms with Gasteiger partial charge in [-0.1, -0.05) is 32.4 Å². The Bertz CT molecular complexity index is 444. The first-order valence-electron chi connectivity index (χ1n) is 7.15. The number of rotatable bonds is 5. The number of ether oxygens (including phenoxy) is 2. The van der Waals surface area contributed by atoms with Crippen molar-refractivity contribution in [3.63, 3.8) is 0 Å². The van der Waals surface area contributed by atoms with Gasteiger partial charge >= 0.3 is 0 Å². The third-order valence-electron chi connectivity index (χ3n) is 4.05. The molecule has 0 aromatic heterocycles. The zero-order chi connectivity index (χ0) is 14.5. The van der Waals surface area contributed by atoms with Crippen LogP contribution in [0.25, 0.3) is 0 Å². The third-order valence-corrected chi connectivity index (χ3v) is 4.05. The molecule has 1 aliphatic rings. The van der Waals surface area contributed by atoms with Gasteiger partial charge in [0, 0.05) is 6.54 Å². The highest BCUT2D eigenvalue weighted by molar-refractivity contribution is 5.78. The lowest BCUT2D eigenvalue weighted by Crippen LogP contribution is -2.51. The monoisotopic (exact) mass is 277 g/mol. The van der Waals surface area contributed by atoms with Crippen molar-refractivity contribution >= 4 is 5.91 Å². The number of morpholine rings is 1. The van der Waals surface area contributed by atoms with E-state index < -0.39 is 0 Å². The third kappa shape index (κ3) is 3.31. The average molecular weight is 277 g/mol. The minimum atomic E-state index is 0.0809. The first-order valence-corrected chi connectivity index (χ1v) is 7.15. The normalized spacial score (nSPS) is 20.9. The quantitative estimate of drug-likeness (QED) is 0.830. The van der Waals surface area contributed by atoms with E-state index in [0.717, 1.165) is 17.7 Å². The average Bonchev–Trinajstić information content (AvgIpc) is 2.49. The highest BCUT2D eigenvalue weighted by Crippen LogP contribution is 2.22. The Morgan fingerprint density at radius 3 is 2.70 bits per heavy atom. The predicted molar refractivity (Wildman–Crippen MR) is 77.6 cm³/mol. The molecule has 4 heteroatoms. The van der Waals surface area contributed by atoms with Crippen molar-refractivity contribution in [1.29, 1.82) is 0 Å². The second-order valence-electron chi connectivity index (χ2n) is 5.34. The number of hydrogen-bond donors (Lipinski definition) is 0. The molecule has 0 N–H and O–H groups in total. The Hall–Kier alpha value is -1.55. The summed E-state index contributed by atoms with van der Waals surface area (Å²) in [6.07, 6.45) is 1.04. The van der Waals surface area contributed by atoms with E-state index in [0.29, 0.717) is 19.1 Å². The van der Waals surface area contributed by atoms with Crippen LogP contribution in [0.2, 0.25) is 0 Å². The summed E-state index contributed by atoms with van der Waals surface area (Å²) < 4.78 is 10.6. The van der Waals surface area contributed by atoms with Crippen LogP contribution in [0.15, 0.2) is 24.3 Å². The number of nitrogens with zero attached hydrogens (tertiary/aromatic N) is 1. The van der Waals surface area contributed by atoms with Crippen LogP contribution in [0, 0.1) is 5.92 Å². The molecule has 20 heavy (non-hydrogen) atoms. The fourth-order valence-electron chi connectivity index (χ4n) is 2.50. The maximum absolute atomic E-state index is 12.1. The summed E-state index contributed by atoms with van der Waals surface area (Å²) in [5.41, 5.74) is 1.12. The van der Waals surface area contributed by atoms with Gasteiger partial charge in [0.2, 0.25) is 5.91 Å². The predicted octanol–water partition coefficient (Wildman–Crippen LogP) is 2.47. The molecule has 1 aliphatic heterocycles. The molecule has 1 amide bonds. The van der Waals surface area contributed by atoms with E-state index in [9.17, 15) is 4.79 Å². The minimum Gasteiger partial charge on any atom is -0.497 e. The molecule has 0 saturated carbocycles. The van der Waals surface area contributed by atoms with E-state index in [1.165, 1.54) is 0 Å². The lowest BCUT2D eigenvalue weighted by atomic mass is 9.96. The molecule has 4 nitrogen and oxygen atoms in total. The van der Waals surface area contributed by atoms with Crippen molar-refractivity contribution in [2.75, 3.05) is 20.3 Å². The van der Waals surface area contributed by atoms with E-state index in [4.69, 9.17) is 9.47 Å². The number of carbonyl (C=O) groups excluding carboxylic acids is 1. The van der Waals surface area contributed by atoms with Gasteiger partial charge in [0.1, 0.15) is 12.4 Å². The SMILES string of the molecule is CCC(C)[C@H]1COCC(=O)N1Cc1ccc(OC)cc1. The van der Waals surface area contributed by atoms with Crippen molar-refractivity contribution in [1.82, 2.24) is 4.90 Å². The lowest BCUT2D eigenvalue weighted by Gasteiger charge is -2.38. The van der Waals surface area contributed by atoms with Crippen LogP contribution in [-0.2, 0) is 16.1 Å². The second kappa shape index (κ2) is 6.75. The van der Waals surface area contributed by atoms with Crippen LogP contribution in [0.4, 0.5) is 0 Å². The number of methoxy groups -OCH3 is 1. The summed E-state index contributed by atoms with van der Waals surface area (Å²) >= 11 is 0. The van der Waals surface area contributed by atoms with E-state index in [-0.39, 0.29) is 18.6 Å². The maximum atomic E-state index is 12.1. The van der Waals surface area contributed by atoms with Gasteiger partial charge in [-0.15, -0.1) is 0 Å². The molecule has 2 rings (SSSR count). The summed E-state index contributed by atoms with van der Waals surface area (Å²) in [5, 5.41) is 0. The second-order valence-corrected chi connectivity index (χ2v) is 5.34. The van der Waals surface area contributed by atoms with Crippen LogP contribution in [0.1, 0.15) is 25.8 Å². The molecular formula is C16H23NO3. The zero-order valence-electron chi connectivity index (χ0n) is 12.5. The number of amides is 1. The topological polar surface area (TPSA) is 38.8 Å². The van der Waals surface area contributed by atoms with Crippen LogP contribution in [0.3, 0.4) is 0 Å². The minimum absolute atomic E-state index is 0.0809. The van der Waals surface area contributed by atoms with Gasteiger partial charge in [-0.05, 0) is 23.6 Å². The summed E-state index contributed by atoms with van der Waals surface area (Å²) in [6, 6.07) is 8.05. The van der Waals surface area contributed by atoms with Crippen molar-refractivity contribution in [2.45, 2.75) is 32.9 Å². The molecule has 0 aliphatic carbocycles. The molecule has 0 radical (unpaired) electrons. The zero-order valence-corrected chi connectivity index (χ0v) is 12.5. The molecule has 1 saturated heterocycles. The molecule has 0 bridgehead atoms. The van der Waals surface area contributed by atoms with Crippen molar-refractivity contribution in [3.8, 4) is 5.75 Å². The lowest BCUT2D eigenvalue weighted by molar-refractivity contribution is -0.151. The molecule has 110 valence electrons. The number of benzene rings is 1. The van der Waals surface area contributed by atoms with Gasteiger partial charge in [-0.3, -0.25) is 4.79 Å². The van der Waals surface area contributed by atoms with Crippen LogP contribution >= 0.6 is 0 Å². The summed E-state index contributed by atoms with van der Waals surface area (Å²) in [5.74, 6) is 1.36. The largest absolute Gasteiger partial charge is 0.497 e. The Labute approximate surface area is 120 Å². The van der Waals surface area contributed by atoms with E-state index in [2.05, 4.69) is 13.8 Å². The molecule has 1 fully saturated rings. The molecule has 1 aromatic carbocycles. The maximum Gasteiger partial charge on any atom is 0.249 e.